The summed E-state index contributed by atoms with van der Waals surface area (Å²) in [6, 6.07) is 6.10. The number of benzene rings is 1. The lowest BCUT2D eigenvalue weighted by molar-refractivity contribution is 0.0203. The maximum Gasteiger partial charge on any atom is 0.253 e. The molecule has 1 spiro atoms. The van der Waals surface area contributed by atoms with Crippen LogP contribution in [0.2, 0.25) is 0 Å². The molecule has 1 N–H and O–H groups in total. The van der Waals surface area contributed by atoms with Gasteiger partial charge in [0.05, 0.1) is 11.1 Å². The van der Waals surface area contributed by atoms with E-state index in [9.17, 15) is 4.79 Å². The maximum absolute atomic E-state index is 12.9. The number of nitrogens with one attached hydrogen (secondary N) is 1. The molecule has 0 bridgehead atoms. The van der Waals surface area contributed by atoms with Gasteiger partial charge in [0, 0.05) is 29.1 Å². The van der Waals surface area contributed by atoms with Crippen molar-refractivity contribution in [3.63, 3.8) is 0 Å². The molecule has 24 heavy (non-hydrogen) atoms. The predicted octanol–water partition coefficient (Wildman–Crippen LogP) is 4.73. The number of fused-ring (bicyclic) bond motifs is 1. The van der Waals surface area contributed by atoms with E-state index in [4.69, 9.17) is 0 Å². The lowest BCUT2D eigenvalue weighted by atomic mass is 9.57. The lowest BCUT2D eigenvalue weighted by Gasteiger charge is -2.49. The first-order valence-electron chi connectivity index (χ1n) is 9.16. The molecule has 3 unspecified atom stereocenters. The van der Waals surface area contributed by atoms with Gasteiger partial charge >= 0.3 is 0 Å². The number of aromatic nitrogens is 1. The zero-order valence-corrected chi connectivity index (χ0v) is 15.7. The highest BCUT2D eigenvalue weighted by Crippen LogP contribution is 2.81. The van der Waals surface area contributed by atoms with Crippen LogP contribution in [-0.2, 0) is 6.54 Å². The number of rotatable bonds is 4. The van der Waals surface area contributed by atoms with Gasteiger partial charge in [-0.1, -0.05) is 12.1 Å². The van der Waals surface area contributed by atoms with E-state index in [2.05, 4.69) is 38.8 Å². The van der Waals surface area contributed by atoms with E-state index in [1.54, 1.807) is 0 Å². The van der Waals surface area contributed by atoms with Crippen LogP contribution in [0, 0.1) is 16.7 Å². The second-order valence-corrected chi connectivity index (χ2v) is 8.88. The molecule has 1 aromatic carbocycles. The van der Waals surface area contributed by atoms with Crippen LogP contribution in [0.1, 0.15) is 49.4 Å². The van der Waals surface area contributed by atoms with Crippen molar-refractivity contribution < 1.29 is 4.79 Å². The van der Waals surface area contributed by atoms with Crippen LogP contribution in [0.4, 0.5) is 0 Å². The summed E-state index contributed by atoms with van der Waals surface area (Å²) in [5, 5.41) is 4.34. The van der Waals surface area contributed by atoms with E-state index < -0.39 is 0 Å². The van der Waals surface area contributed by atoms with Gasteiger partial charge in [0.15, 0.2) is 0 Å². The van der Waals surface area contributed by atoms with Gasteiger partial charge in [-0.25, -0.2) is 0 Å². The van der Waals surface area contributed by atoms with Crippen molar-refractivity contribution in [2.24, 2.45) is 16.7 Å². The number of aryl methyl sites for hydroxylation is 1. The van der Waals surface area contributed by atoms with E-state index in [-0.39, 0.29) is 5.91 Å². The van der Waals surface area contributed by atoms with Crippen LogP contribution in [-0.4, -0.2) is 17.0 Å². The monoisotopic (exact) mass is 386 g/mol. The fraction of sp³-hybridized carbons (Fsp3) is 0.550. The Hall–Kier alpha value is -1.29. The van der Waals surface area contributed by atoms with E-state index in [1.807, 2.05) is 18.3 Å². The van der Waals surface area contributed by atoms with Crippen LogP contribution in [0.25, 0.3) is 10.9 Å². The fourth-order valence-corrected chi connectivity index (χ4v) is 6.38. The van der Waals surface area contributed by atoms with Crippen LogP contribution in [0.3, 0.4) is 0 Å². The molecule has 126 valence electrons. The molecule has 3 nitrogen and oxygen atoms in total. The lowest BCUT2D eigenvalue weighted by Crippen LogP contribution is -2.48. The smallest absolute Gasteiger partial charge is 0.253 e. The average molecular weight is 387 g/mol. The zero-order chi connectivity index (χ0) is 16.5. The second kappa shape index (κ2) is 4.87. The predicted molar refractivity (Wildman–Crippen MR) is 99.1 cm³/mol. The Morgan fingerprint density at radius 2 is 2.25 bits per heavy atom. The first-order chi connectivity index (χ1) is 11.6. The molecular weight excluding hydrogens is 364 g/mol. The average Bonchev–Trinajstić information content (AvgIpc) is 3.15. The number of hydrogen-bond donors (Lipinski definition) is 1. The van der Waals surface area contributed by atoms with Gasteiger partial charge in [0.1, 0.15) is 0 Å². The normalized spacial score (nSPS) is 33.0. The molecule has 3 aliphatic carbocycles. The third-order valence-electron chi connectivity index (χ3n) is 7.33. The largest absolute Gasteiger partial charge is 0.351 e. The van der Waals surface area contributed by atoms with Crippen LogP contribution in [0.5, 0.6) is 0 Å². The fourth-order valence-electron chi connectivity index (χ4n) is 5.78. The summed E-state index contributed by atoms with van der Waals surface area (Å²) < 4.78 is 3.21. The minimum atomic E-state index is 0.0887. The Morgan fingerprint density at radius 3 is 2.92 bits per heavy atom. The number of para-hydroxylation sites is 1. The Kier molecular flexibility index (Phi) is 3.05. The van der Waals surface area contributed by atoms with Crippen LogP contribution in [0.15, 0.2) is 28.9 Å². The summed E-state index contributed by atoms with van der Waals surface area (Å²) in [6.07, 6.45) is 8.85. The third kappa shape index (κ3) is 1.75. The van der Waals surface area contributed by atoms with Crippen molar-refractivity contribution in [2.75, 3.05) is 6.54 Å². The molecule has 3 atom stereocenters. The minimum absolute atomic E-state index is 0.0887. The molecular formula is C20H23BrN2O. The molecule has 2 aromatic rings. The molecule has 3 fully saturated rings. The zero-order valence-electron chi connectivity index (χ0n) is 14.1. The summed E-state index contributed by atoms with van der Waals surface area (Å²) >= 11 is 3.63. The van der Waals surface area contributed by atoms with E-state index in [0.29, 0.717) is 10.8 Å². The van der Waals surface area contributed by atoms with Crippen molar-refractivity contribution in [3.8, 4) is 0 Å². The van der Waals surface area contributed by atoms with Gasteiger partial charge in [-0.2, -0.15) is 0 Å². The third-order valence-corrected chi connectivity index (χ3v) is 7.97. The van der Waals surface area contributed by atoms with Gasteiger partial charge < -0.3 is 9.88 Å². The Bertz CT molecular complexity index is 851. The highest BCUT2D eigenvalue weighted by molar-refractivity contribution is 9.10. The topological polar surface area (TPSA) is 34.0 Å². The number of nitrogens with zero attached hydrogens (tertiary/aromatic N) is 1. The number of carbonyl (C=O) groups excluding carboxylic acids is 1. The van der Waals surface area contributed by atoms with Gasteiger partial charge in [-0.3, -0.25) is 4.79 Å². The molecule has 1 amide bonds. The molecule has 1 aromatic heterocycles. The SMILES string of the molecule is CCn1cc(C(=O)NCC23CCC4CC42CC3)c2cccc(Br)c21. The quantitative estimate of drug-likeness (QED) is 0.808. The van der Waals surface area contributed by atoms with Gasteiger partial charge in [0.2, 0.25) is 0 Å². The van der Waals surface area contributed by atoms with Gasteiger partial charge in [-0.05, 0) is 77.8 Å². The first kappa shape index (κ1) is 15.0. The molecule has 3 aliphatic rings. The Balaban J connectivity index is 1.42. The molecule has 0 saturated heterocycles. The number of halogens is 1. The second-order valence-electron chi connectivity index (χ2n) is 8.02. The van der Waals surface area contributed by atoms with Gasteiger partial charge in [0.25, 0.3) is 5.91 Å². The molecule has 0 aliphatic heterocycles. The van der Waals surface area contributed by atoms with Crippen LogP contribution < -0.4 is 5.32 Å². The summed E-state index contributed by atoms with van der Waals surface area (Å²) in [5.74, 6) is 1.06. The van der Waals surface area contributed by atoms with Gasteiger partial charge in [-0.15, -0.1) is 0 Å². The van der Waals surface area contributed by atoms with E-state index in [0.717, 1.165) is 39.9 Å². The summed E-state index contributed by atoms with van der Waals surface area (Å²) in [4.78, 5) is 12.9. The molecule has 0 radical (unpaired) electrons. The molecule has 5 rings (SSSR count). The molecule has 4 heteroatoms. The van der Waals surface area contributed by atoms with Crippen molar-refractivity contribution in [1.82, 2.24) is 9.88 Å². The highest BCUT2D eigenvalue weighted by atomic mass is 79.9. The highest BCUT2D eigenvalue weighted by Gasteiger charge is 2.74. The minimum Gasteiger partial charge on any atom is -0.351 e. The Labute approximate surface area is 150 Å². The molecule has 3 saturated carbocycles. The summed E-state index contributed by atoms with van der Waals surface area (Å²) in [5.41, 5.74) is 2.98. The van der Waals surface area contributed by atoms with Crippen molar-refractivity contribution >= 4 is 32.7 Å². The number of carbonyl (C=O) groups is 1. The summed E-state index contributed by atoms with van der Waals surface area (Å²) in [6.45, 7) is 3.85. The van der Waals surface area contributed by atoms with E-state index >= 15 is 0 Å². The van der Waals surface area contributed by atoms with Crippen molar-refractivity contribution in [3.05, 3.63) is 34.4 Å². The maximum atomic E-state index is 12.9. The van der Waals surface area contributed by atoms with Crippen molar-refractivity contribution in [2.45, 2.75) is 45.6 Å². The molecule has 1 heterocycles. The standard InChI is InChI=1S/C20H23BrN2O/c1-2-23-11-15(14-4-3-5-16(21)17(14)23)18(24)22-12-19-7-6-13-10-20(13,19)9-8-19/h3-5,11,13H,2,6-10,12H2,1H3,(H,22,24). The summed E-state index contributed by atoms with van der Waals surface area (Å²) in [7, 11) is 0. The number of amides is 1. The Morgan fingerprint density at radius 1 is 1.38 bits per heavy atom. The number of hydrogen-bond acceptors (Lipinski definition) is 1. The first-order valence-corrected chi connectivity index (χ1v) is 9.95. The van der Waals surface area contributed by atoms with E-state index in [1.165, 1.54) is 32.1 Å². The van der Waals surface area contributed by atoms with Crippen LogP contribution >= 0.6 is 15.9 Å². The van der Waals surface area contributed by atoms with Crippen molar-refractivity contribution in [1.29, 1.82) is 0 Å².